The van der Waals surface area contributed by atoms with E-state index in [0.717, 1.165) is 32.4 Å². The molecule has 31 heavy (non-hydrogen) atoms. The van der Waals surface area contributed by atoms with Crippen LogP contribution in [-0.2, 0) is 6.61 Å². The molecule has 0 bridgehead atoms. The Hall–Kier alpha value is -3.12. The van der Waals surface area contributed by atoms with Crippen LogP contribution in [0.15, 0.2) is 64.1 Å². The van der Waals surface area contributed by atoms with Crippen molar-refractivity contribution in [3.63, 3.8) is 0 Å². The van der Waals surface area contributed by atoms with E-state index in [9.17, 15) is 4.79 Å². The number of carboxylic acid groups (broad SMARTS) is 1. The summed E-state index contributed by atoms with van der Waals surface area (Å²) in [6.07, 6.45) is 1.81. The lowest BCUT2D eigenvalue weighted by Gasteiger charge is -2.15. The first-order valence-corrected chi connectivity index (χ1v) is 10.7. The van der Waals surface area contributed by atoms with E-state index < -0.39 is 5.97 Å². The molecule has 0 aliphatic rings. The topological polar surface area (TPSA) is 68.1 Å². The number of aliphatic imine (C=N–C) groups is 1. The van der Waals surface area contributed by atoms with Gasteiger partial charge >= 0.3 is 5.97 Å². The fourth-order valence-electron chi connectivity index (χ4n) is 2.97. The molecule has 0 aromatic heterocycles. The maximum absolute atomic E-state index is 11.0. The van der Waals surface area contributed by atoms with Crippen LogP contribution < -0.4 is 9.47 Å². The molecule has 3 aromatic carbocycles. The molecule has 0 radical (unpaired) electrons. The molecule has 1 N–H and O–H groups in total. The summed E-state index contributed by atoms with van der Waals surface area (Å²) in [5.74, 6) is 0.251. The van der Waals surface area contributed by atoms with E-state index >= 15 is 0 Å². The molecular formula is C25H24BrNO4. The van der Waals surface area contributed by atoms with Gasteiger partial charge in [0.15, 0.2) is 11.5 Å². The molecule has 0 amide bonds. The van der Waals surface area contributed by atoms with E-state index in [4.69, 9.17) is 14.6 Å². The number of ether oxygens (including phenoxy) is 2. The van der Waals surface area contributed by atoms with Crippen LogP contribution in [0.1, 0.15) is 39.5 Å². The largest absolute Gasteiger partial charge is 0.490 e. The maximum Gasteiger partial charge on any atom is 0.335 e. The van der Waals surface area contributed by atoms with E-state index in [1.807, 2.05) is 39.1 Å². The molecular weight excluding hydrogens is 458 g/mol. The minimum atomic E-state index is -0.952. The van der Waals surface area contributed by atoms with Crippen molar-refractivity contribution in [3.05, 3.63) is 86.9 Å². The quantitative estimate of drug-likeness (QED) is 0.373. The lowest BCUT2D eigenvalue weighted by molar-refractivity contribution is 0.0697. The van der Waals surface area contributed by atoms with E-state index in [0.29, 0.717) is 18.1 Å². The summed E-state index contributed by atoms with van der Waals surface area (Å²) in [7, 11) is 0. The van der Waals surface area contributed by atoms with E-state index in [1.165, 1.54) is 0 Å². The predicted octanol–water partition coefficient (Wildman–Crippen LogP) is 6.49. The molecule has 6 heteroatoms. The van der Waals surface area contributed by atoms with Crippen LogP contribution in [0.5, 0.6) is 11.5 Å². The molecule has 160 valence electrons. The first-order valence-electron chi connectivity index (χ1n) is 9.90. The molecule has 0 aliphatic heterocycles. The number of hydrogen-bond acceptors (Lipinski definition) is 4. The summed E-state index contributed by atoms with van der Waals surface area (Å²) in [6.45, 7) is 6.78. The van der Waals surface area contributed by atoms with Gasteiger partial charge < -0.3 is 14.6 Å². The monoisotopic (exact) mass is 481 g/mol. The van der Waals surface area contributed by atoms with Gasteiger partial charge in [-0.2, -0.15) is 0 Å². The van der Waals surface area contributed by atoms with Gasteiger partial charge in [0.25, 0.3) is 0 Å². The number of rotatable bonds is 8. The van der Waals surface area contributed by atoms with Crippen molar-refractivity contribution in [2.75, 3.05) is 6.61 Å². The maximum atomic E-state index is 11.0. The minimum Gasteiger partial charge on any atom is -0.490 e. The van der Waals surface area contributed by atoms with E-state index in [2.05, 4.69) is 39.1 Å². The summed E-state index contributed by atoms with van der Waals surface area (Å²) in [5.41, 5.74) is 5.19. The third-order valence-electron chi connectivity index (χ3n) is 4.63. The van der Waals surface area contributed by atoms with Crippen LogP contribution in [0, 0.1) is 13.8 Å². The Balaban J connectivity index is 1.82. The van der Waals surface area contributed by atoms with Gasteiger partial charge in [-0.25, -0.2) is 4.79 Å². The Labute approximate surface area is 190 Å². The number of carbonyl (C=O) groups is 1. The van der Waals surface area contributed by atoms with Crippen molar-refractivity contribution < 1.29 is 19.4 Å². The highest BCUT2D eigenvalue weighted by Gasteiger charge is 2.13. The summed E-state index contributed by atoms with van der Waals surface area (Å²) in [6, 6.07) is 16.6. The molecule has 0 fully saturated rings. The zero-order valence-corrected chi connectivity index (χ0v) is 19.3. The number of carboxylic acids is 1. The average molecular weight is 482 g/mol. The predicted molar refractivity (Wildman–Crippen MR) is 126 cm³/mol. The number of aryl methyl sites for hydroxylation is 2. The van der Waals surface area contributed by atoms with Crippen molar-refractivity contribution in [2.24, 2.45) is 4.99 Å². The van der Waals surface area contributed by atoms with Gasteiger partial charge in [0.1, 0.15) is 6.61 Å². The highest BCUT2D eigenvalue weighted by Crippen LogP contribution is 2.37. The van der Waals surface area contributed by atoms with E-state index in [1.54, 1.807) is 24.3 Å². The Bertz CT molecular complexity index is 1110. The average Bonchev–Trinajstić information content (AvgIpc) is 2.74. The first kappa shape index (κ1) is 22.6. The molecule has 3 rings (SSSR count). The zero-order valence-electron chi connectivity index (χ0n) is 17.7. The van der Waals surface area contributed by atoms with Gasteiger partial charge in [-0.05, 0) is 89.3 Å². The van der Waals surface area contributed by atoms with E-state index in [-0.39, 0.29) is 12.2 Å². The third-order valence-corrected chi connectivity index (χ3v) is 5.22. The Morgan fingerprint density at radius 2 is 1.81 bits per heavy atom. The Kier molecular flexibility index (Phi) is 7.47. The Morgan fingerprint density at radius 1 is 1.06 bits per heavy atom. The molecule has 0 saturated carbocycles. The SMILES string of the molecule is CCOc1cc(C=Nc2cc(C)ccc2C)cc(Br)c1OCc1ccc(C(=O)O)cc1. The van der Waals surface area contributed by atoms with Crippen LogP contribution in [0.4, 0.5) is 5.69 Å². The van der Waals surface area contributed by atoms with Crippen molar-refractivity contribution in [3.8, 4) is 11.5 Å². The van der Waals surface area contributed by atoms with Gasteiger partial charge in [0.05, 0.1) is 22.3 Å². The summed E-state index contributed by atoms with van der Waals surface area (Å²) >= 11 is 3.58. The number of halogens is 1. The first-order chi connectivity index (χ1) is 14.9. The lowest BCUT2D eigenvalue weighted by atomic mass is 10.1. The second-order valence-corrected chi connectivity index (χ2v) is 7.96. The van der Waals surface area contributed by atoms with Gasteiger partial charge in [-0.3, -0.25) is 4.99 Å². The summed E-state index contributed by atoms with van der Waals surface area (Å²) < 4.78 is 12.5. The van der Waals surface area contributed by atoms with Crippen LogP contribution in [0.3, 0.4) is 0 Å². The second kappa shape index (κ2) is 10.3. The molecule has 3 aromatic rings. The molecule has 0 aliphatic carbocycles. The number of nitrogens with zero attached hydrogens (tertiary/aromatic N) is 1. The van der Waals surface area contributed by atoms with Gasteiger partial charge in [-0.1, -0.05) is 24.3 Å². The fourth-order valence-corrected chi connectivity index (χ4v) is 3.54. The van der Waals surface area contributed by atoms with Crippen molar-refractivity contribution in [1.82, 2.24) is 0 Å². The van der Waals surface area contributed by atoms with Gasteiger partial charge in [-0.15, -0.1) is 0 Å². The number of aromatic carboxylic acids is 1. The number of benzene rings is 3. The van der Waals surface area contributed by atoms with Crippen LogP contribution in [-0.4, -0.2) is 23.9 Å². The highest BCUT2D eigenvalue weighted by atomic mass is 79.9. The molecule has 5 nitrogen and oxygen atoms in total. The summed E-state index contributed by atoms with van der Waals surface area (Å²) in [4.78, 5) is 15.6. The number of hydrogen-bond donors (Lipinski definition) is 1. The molecule has 0 saturated heterocycles. The van der Waals surface area contributed by atoms with Gasteiger partial charge in [0, 0.05) is 6.21 Å². The third kappa shape index (κ3) is 5.95. The minimum absolute atomic E-state index is 0.243. The Morgan fingerprint density at radius 3 is 2.48 bits per heavy atom. The smallest absolute Gasteiger partial charge is 0.335 e. The molecule has 0 heterocycles. The van der Waals surface area contributed by atoms with Crippen molar-refractivity contribution in [2.45, 2.75) is 27.4 Å². The van der Waals surface area contributed by atoms with Crippen LogP contribution in [0.2, 0.25) is 0 Å². The van der Waals surface area contributed by atoms with Gasteiger partial charge in [0.2, 0.25) is 0 Å². The normalized spacial score (nSPS) is 11.0. The van der Waals surface area contributed by atoms with Crippen LogP contribution in [0.25, 0.3) is 0 Å². The lowest BCUT2D eigenvalue weighted by Crippen LogP contribution is -2.02. The zero-order chi connectivity index (χ0) is 22.4. The molecule has 0 atom stereocenters. The second-order valence-electron chi connectivity index (χ2n) is 7.10. The van der Waals surface area contributed by atoms with Crippen molar-refractivity contribution >= 4 is 33.8 Å². The fraction of sp³-hybridized carbons (Fsp3) is 0.200. The molecule has 0 unspecified atom stereocenters. The van der Waals surface area contributed by atoms with Crippen LogP contribution >= 0.6 is 15.9 Å². The van der Waals surface area contributed by atoms with Crippen molar-refractivity contribution in [1.29, 1.82) is 0 Å². The molecule has 0 spiro atoms. The summed E-state index contributed by atoms with van der Waals surface area (Å²) in [5, 5.41) is 9.02. The highest BCUT2D eigenvalue weighted by molar-refractivity contribution is 9.10. The standard InChI is InChI=1S/C25H24BrNO4/c1-4-30-23-13-19(14-27-22-11-16(2)5-6-17(22)3)12-21(26)24(23)31-15-18-7-9-20(10-8-18)25(28)29/h5-14H,4,15H2,1-3H3,(H,28,29).